The molecule has 2 aromatic rings. The number of amides is 1. The molecule has 0 atom stereocenters. The van der Waals surface area contributed by atoms with Gasteiger partial charge in [-0.05, 0) is 62.8 Å². The van der Waals surface area contributed by atoms with Gasteiger partial charge in [0.1, 0.15) is 5.15 Å². The molecule has 2 N–H and O–H groups in total. The van der Waals surface area contributed by atoms with Gasteiger partial charge in [-0.25, -0.2) is 9.78 Å². The monoisotopic (exact) mass is 480 g/mol. The van der Waals surface area contributed by atoms with Crippen LogP contribution in [0.3, 0.4) is 0 Å². The van der Waals surface area contributed by atoms with Crippen molar-refractivity contribution in [1.82, 2.24) is 4.98 Å². The Labute approximate surface area is 147 Å². The Hall–Kier alpha value is -1.19. The van der Waals surface area contributed by atoms with E-state index in [-0.39, 0.29) is 22.0 Å². The molecule has 1 amide bonds. The average molecular weight is 481 g/mol. The molecular weight excluding hydrogens is 474 g/mol. The van der Waals surface area contributed by atoms with E-state index >= 15 is 0 Å². The maximum atomic E-state index is 12.2. The number of halogens is 3. The Kier molecular flexibility index (Phi) is 5.17. The molecule has 0 saturated carbocycles. The summed E-state index contributed by atoms with van der Waals surface area (Å²) >= 11 is 11.1. The van der Waals surface area contributed by atoms with E-state index < -0.39 is 11.9 Å². The first kappa shape index (κ1) is 16.2. The number of carboxylic acids is 1. The molecule has 0 bridgehead atoms. The van der Waals surface area contributed by atoms with Gasteiger partial charge in [-0.15, -0.1) is 0 Å². The SMILES string of the molecule is O=C(O)c1cc(I)ccc1NC(=O)c1cc(Br)cnc1Cl. The van der Waals surface area contributed by atoms with Crippen LogP contribution in [0.25, 0.3) is 0 Å². The number of hydrogen-bond acceptors (Lipinski definition) is 3. The zero-order chi connectivity index (χ0) is 15.6. The number of nitrogens with zero attached hydrogens (tertiary/aromatic N) is 1. The van der Waals surface area contributed by atoms with Crippen LogP contribution >= 0.6 is 50.1 Å². The Morgan fingerprint density at radius 3 is 2.67 bits per heavy atom. The van der Waals surface area contributed by atoms with E-state index in [0.717, 1.165) is 3.57 Å². The van der Waals surface area contributed by atoms with E-state index in [9.17, 15) is 14.7 Å². The van der Waals surface area contributed by atoms with Gasteiger partial charge in [0.2, 0.25) is 0 Å². The summed E-state index contributed by atoms with van der Waals surface area (Å²) < 4.78 is 1.35. The van der Waals surface area contributed by atoms with Crippen molar-refractivity contribution in [2.24, 2.45) is 0 Å². The van der Waals surface area contributed by atoms with Crippen molar-refractivity contribution in [3.63, 3.8) is 0 Å². The van der Waals surface area contributed by atoms with Gasteiger partial charge in [-0.3, -0.25) is 4.79 Å². The normalized spacial score (nSPS) is 10.2. The molecule has 1 aromatic carbocycles. The molecule has 0 fully saturated rings. The van der Waals surface area contributed by atoms with Crippen molar-refractivity contribution < 1.29 is 14.7 Å². The van der Waals surface area contributed by atoms with Gasteiger partial charge >= 0.3 is 5.97 Å². The lowest BCUT2D eigenvalue weighted by Gasteiger charge is -2.10. The largest absolute Gasteiger partial charge is 0.478 e. The molecule has 108 valence electrons. The van der Waals surface area contributed by atoms with Gasteiger partial charge in [0, 0.05) is 14.2 Å². The third kappa shape index (κ3) is 3.92. The highest BCUT2D eigenvalue weighted by molar-refractivity contribution is 14.1. The van der Waals surface area contributed by atoms with E-state index in [1.807, 2.05) is 22.6 Å². The number of carbonyl (C=O) groups is 2. The number of benzene rings is 1. The third-order valence-electron chi connectivity index (χ3n) is 2.51. The first-order valence-electron chi connectivity index (χ1n) is 5.53. The third-order valence-corrected chi connectivity index (χ3v) is 3.92. The van der Waals surface area contributed by atoms with Crippen molar-refractivity contribution in [3.8, 4) is 0 Å². The summed E-state index contributed by atoms with van der Waals surface area (Å²) in [5.74, 6) is -1.65. The van der Waals surface area contributed by atoms with Crippen LogP contribution in [0.4, 0.5) is 5.69 Å². The first-order valence-corrected chi connectivity index (χ1v) is 7.78. The molecule has 0 unspecified atom stereocenters. The quantitative estimate of drug-likeness (QED) is 0.512. The Bertz CT molecular complexity index is 739. The van der Waals surface area contributed by atoms with Crippen molar-refractivity contribution in [2.45, 2.75) is 0 Å². The molecular formula is C13H7BrClIN2O3. The van der Waals surface area contributed by atoms with Crippen LogP contribution in [-0.2, 0) is 0 Å². The lowest BCUT2D eigenvalue weighted by atomic mass is 10.1. The van der Waals surface area contributed by atoms with Crippen molar-refractivity contribution in [3.05, 3.63) is 54.8 Å². The summed E-state index contributed by atoms with van der Waals surface area (Å²) in [6.45, 7) is 0. The number of aromatic nitrogens is 1. The van der Waals surface area contributed by atoms with Crippen molar-refractivity contribution in [2.75, 3.05) is 5.32 Å². The molecule has 0 radical (unpaired) electrons. The lowest BCUT2D eigenvalue weighted by molar-refractivity contribution is 0.0698. The highest BCUT2D eigenvalue weighted by Gasteiger charge is 2.16. The number of rotatable bonds is 3. The summed E-state index contributed by atoms with van der Waals surface area (Å²) in [5, 5.41) is 11.7. The summed E-state index contributed by atoms with van der Waals surface area (Å²) in [6, 6.07) is 6.21. The smallest absolute Gasteiger partial charge is 0.337 e. The molecule has 8 heteroatoms. The predicted molar refractivity (Wildman–Crippen MR) is 91.0 cm³/mol. The van der Waals surface area contributed by atoms with Crippen LogP contribution in [0.2, 0.25) is 5.15 Å². The lowest BCUT2D eigenvalue weighted by Crippen LogP contribution is -2.16. The number of nitrogens with one attached hydrogen (secondary N) is 1. The first-order chi connectivity index (χ1) is 9.88. The molecule has 1 heterocycles. The number of pyridine rings is 1. The maximum absolute atomic E-state index is 12.2. The predicted octanol–water partition coefficient (Wildman–Crippen LogP) is 4.05. The standard InChI is InChI=1S/C13H7BrClIN2O3/c14-6-3-9(11(15)17-5-6)12(19)18-10-2-1-7(16)4-8(10)13(20)21/h1-5H,(H,18,19)(H,20,21). The van der Waals surface area contributed by atoms with Crippen molar-refractivity contribution in [1.29, 1.82) is 0 Å². The molecule has 5 nitrogen and oxygen atoms in total. The fraction of sp³-hybridized carbons (Fsp3) is 0. The van der Waals surface area contributed by atoms with Crippen LogP contribution < -0.4 is 5.32 Å². The van der Waals surface area contributed by atoms with Gasteiger partial charge in [0.25, 0.3) is 5.91 Å². The fourth-order valence-corrected chi connectivity index (χ4v) is 2.59. The average Bonchev–Trinajstić information content (AvgIpc) is 2.43. The van der Waals surface area contributed by atoms with Gasteiger partial charge < -0.3 is 10.4 Å². The topological polar surface area (TPSA) is 79.3 Å². The van der Waals surface area contributed by atoms with Crippen LogP contribution in [0.15, 0.2) is 34.9 Å². The second kappa shape index (κ2) is 6.71. The Balaban J connectivity index is 2.36. The van der Waals surface area contributed by atoms with Gasteiger partial charge in [-0.1, -0.05) is 11.6 Å². The van der Waals surface area contributed by atoms with Gasteiger partial charge in [0.05, 0.1) is 16.8 Å². The van der Waals surface area contributed by atoms with Crippen LogP contribution in [0.5, 0.6) is 0 Å². The number of carbonyl (C=O) groups excluding carboxylic acids is 1. The van der Waals surface area contributed by atoms with Gasteiger partial charge in [0.15, 0.2) is 0 Å². The molecule has 1 aromatic heterocycles. The molecule has 21 heavy (non-hydrogen) atoms. The Morgan fingerprint density at radius 1 is 1.29 bits per heavy atom. The van der Waals surface area contributed by atoms with Crippen LogP contribution in [0.1, 0.15) is 20.7 Å². The minimum atomic E-state index is -1.12. The molecule has 0 aliphatic carbocycles. The van der Waals surface area contributed by atoms with E-state index in [2.05, 4.69) is 26.2 Å². The minimum absolute atomic E-state index is 0.00864. The zero-order valence-electron chi connectivity index (χ0n) is 10.2. The molecule has 2 rings (SSSR count). The summed E-state index contributed by atoms with van der Waals surface area (Å²) in [7, 11) is 0. The number of anilines is 1. The number of hydrogen-bond donors (Lipinski definition) is 2. The Morgan fingerprint density at radius 2 is 2.00 bits per heavy atom. The number of carboxylic acid groups (broad SMARTS) is 1. The zero-order valence-corrected chi connectivity index (χ0v) is 14.7. The van der Waals surface area contributed by atoms with E-state index in [1.165, 1.54) is 24.4 Å². The fourth-order valence-electron chi connectivity index (χ4n) is 1.57. The highest BCUT2D eigenvalue weighted by atomic mass is 127. The molecule has 0 saturated heterocycles. The summed E-state index contributed by atoms with van der Waals surface area (Å²) in [5.41, 5.74) is 0.360. The second-order valence-electron chi connectivity index (χ2n) is 3.94. The van der Waals surface area contributed by atoms with Gasteiger partial charge in [-0.2, -0.15) is 0 Å². The molecule has 0 spiro atoms. The number of aromatic carboxylic acids is 1. The van der Waals surface area contributed by atoms with E-state index in [1.54, 1.807) is 6.07 Å². The van der Waals surface area contributed by atoms with Crippen LogP contribution in [-0.4, -0.2) is 22.0 Å². The van der Waals surface area contributed by atoms with E-state index in [0.29, 0.717) is 4.47 Å². The summed E-state index contributed by atoms with van der Waals surface area (Å²) in [4.78, 5) is 27.3. The highest BCUT2D eigenvalue weighted by Crippen LogP contribution is 2.22. The molecule has 0 aliphatic heterocycles. The van der Waals surface area contributed by atoms with Crippen molar-refractivity contribution >= 4 is 67.7 Å². The molecule has 0 aliphatic rings. The summed E-state index contributed by atoms with van der Waals surface area (Å²) in [6.07, 6.45) is 1.46. The van der Waals surface area contributed by atoms with Crippen LogP contribution in [0, 0.1) is 3.57 Å². The maximum Gasteiger partial charge on any atom is 0.337 e. The minimum Gasteiger partial charge on any atom is -0.478 e. The second-order valence-corrected chi connectivity index (χ2v) is 6.46. The van der Waals surface area contributed by atoms with E-state index in [4.69, 9.17) is 11.6 Å².